The average Bonchev–Trinajstić information content (AvgIpc) is 3.52. The number of hydrogen-bond acceptors (Lipinski definition) is 9. The van der Waals surface area contributed by atoms with Crippen molar-refractivity contribution >= 4 is 40.9 Å². The van der Waals surface area contributed by atoms with Gasteiger partial charge in [0.25, 0.3) is 5.91 Å². The molecule has 0 radical (unpaired) electrons. The third-order valence-electron chi connectivity index (χ3n) is 9.58. The molecule has 5 rings (SSSR count). The van der Waals surface area contributed by atoms with Crippen LogP contribution in [0.15, 0.2) is 36.5 Å². The van der Waals surface area contributed by atoms with Crippen LogP contribution in [0.1, 0.15) is 84.0 Å². The van der Waals surface area contributed by atoms with Gasteiger partial charge in [-0.15, -0.1) is 0 Å². The SMILES string of the molecule is CC1NC(=O)C(C(C)C)OCC(C=O)(CCC2(C)OCCO2)CC=Cc2cc3cc(ccc3cn2)C(C)NC(=O)C2CCCN(N2)C1=O. The van der Waals surface area contributed by atoms with Gasteiger partial charge in [-0.25, -0.2) is 5.43 Å². The number of carbonyl (C=O) groups is 4. The molecule has 2 aromatic rings. The molecule has 3 aliphatic heterocycles. The van der Waals surface area contributed by atoms with Gasteiger partial charge in [-0.3, -0.25) is 24.4 Å². The van der Waals surface area contributed by atoms with Crippen LogP contribution in [-0.4, -0.2) is 84.3 Å². The van der Waals surface area contributed by atoms with Crippen molar-refractivity contribution in [1.29, 1.82) is 0 Å². The van der Waals surface area contributed by atoms with E-state index in [1.54, 1.807) is 13.1 Å². The van der Waals surface area contributed by atoms with Crippen molar-refractivity contribution in [2.45, 2.75) is 96.7 Å². The minimum Gasteiger partial charge on any atom is -0.367 e. The van der Waals surface area contributed by atoms with Crippen molar-refractivity contribution in [3.05, 3.63) is 47.8 Å². The van der Waals surface area contributed by atoms with Gasteiger partial charge in [0.15, 0.2) is 5.79 Å². The van der Waals surface area contributed by atoms with Crippen molar-refractivity contribution < 1.29 is 33.4 Å². The minimum absolute atomic E-state index is 0.0214. The number of fused-ring (bicyclic) bond motifs is 4. The molecule has 5 bridgehead atoms. The van der Waals surface area contributed by atoms with Crippen LogP contribution in [0.4, 0.5) is 0 Å². The van der Waals surface area contributed by atoms with Gasteiger partial charge in [0.1, 0.15) is 24.5 Å². The number of benzene rings is 1. The third-order valence-corrected chi connectivity index (χ3v) is 9.58. The van der Waals surface area contributed by atoms with Crippen LogP contribution in [0.25, 0.3) is 16.8 Å². The number of nitrogens with one attached hydrogen (secondary N) is 3. The molecule has 12 nitrogen and oxygen atoms in total. The standard InChI is InChI=1S/C36H49N5O7/c1-23(2)31-33(44)39-25(4)34(45)41-15-7-9-30(40-41)32(43)38-24(3)26-10-11-27-20-37-29(19-28(27)18-26)8-6-12-36(21-42,22-46-31)14-13-35(5)47-16-17-48-35/h6,8,10-11,18-21,23-25,30-31,40H,7,9,12-17,22H2,1-5H3,(H,38,43)(H,39,44). The topological polar surface area (TPSA) is 148 Å². The van der Waals surface area contributed by atoms with Crippen LogP contribution in [0, 0.1) is 11.3 Å². The van der Waals surface area contributed by atoms with Crippen LogP contribution < -0.4 is 16.1 Å². The van der Waals surface area contributed by atoms with Gasteiger partial charge in [-0.2, -0.15) is 0 Å². The molecule has 3 aliphatic rings. The summed E-state index contributed by atoms with van der Waals surface area (Å²) in [6.45, 7) is 10.5. The number of carbonyl (C=O) groups excluding carboxylic acids is 4. The van der Waals surface area contributed by atoms with Gasteiger partial charge in [0.2, 0.25) is 11.8 Å². The Kier molecular flexibility index (Phi) is 11.3. The number of pyridine rings is 1. The van der Waals surface area contributed by atoms with Crippen LogP contribution in [0.3, 0.4) is 0 Å². The Labute approximate surface area is 282 Å². The molecule has 260 valence electrons. The van der Waals surface area contributed by atoms with E-state index in [4.69, 9.17) is 14.2 Å². The molecule has 4 heterocycles. The van der Waals surface area contributed by atoms with E-state index in [1.807, 2.05) is 64.1 Å². The molecule has 2 fully saturated rings. The molecule has 12 heteroatoms. The summed E-state index contributed by atoms with van der Waals surface area (Å²) in [5, 5.41) is 9.24. The summed E-state index contributed by atoms with van der Waals surface area (Å²) < 4.78 is 17.9. The lowest BCUT2D eigenvalue weighted by atomic mass is 9.80. The number of amides is 3. The molecule has 1 aromatic heterocycles. The smallest absolute Gasteiger partial charge is 0.258 e. The second kappa shape index (κ2) is 15.2. The molecule has 3 N–H and O–H groups in total. The van der Waals surface area contributed by atoms with Crippen molar-refractivity contribution in [2.75, 3.05) is 26.4 Å². The number of aromatic nitrogens is 1. The summed E-state index contributed by atoms with van der Waals surface area (Å²) >= 11 is 0. The van der Waals surface area contributed by atoms with E-state index in [2.05, 4.69) is 21.0 Å². The lowest BCUT2D eigenvalue weighted by Gasteiger charge is -2.36. The Bertz CT molecular complexity index is 1520. The molecule has 0 saturated carbocycles. The predicted octanol–water partition coefficient (Wildman–Crippen LogP) is 3.60. The maximum Gasteiger partial charge on any atom is 0.258 e. The lowest BCUT2D eigenvalue weighted by molar-refractivity contribution is -0.158. The van der Waals surface area contributed by atoms with Gasteiger partial charge in [0, 0.05) is 24.5 Å². The highest BCUT2D eigenvalue weighted by atomic mass is 16.7. The maximum atomic E-state index is 13.5. The highest BCUT2D eigenvalue weighted by molar-refractivity contribution is 5.90. The molecule has 1 aromatic carbocycles. The van der Waals surface area contributed by atoms with Crippen LogP contribution in [-0.2, 0) is 33.4 Å². The molecule has 3 amide bonds. The Balaban J connectivity index is 1.47. The Morgan fingerprint density at radius 1 is 1.02 bits per heavy atom. The largest absolute Gasteiger partial charge is 0.367 e. The highest BCUT2D eigenvalue weighted by Crippen LogP contribution is 2.35. The van der Waals surface area contributed by atoms with E-state index in [0.29, 0.717) is 51.9 Å². The first-order valence-electron chi connectivity index (χ1n) is 17.0. The van der Waals surface area contributed by atoms with Gasteiger partial charge in [-0.05, 0) is 81.5 Å². The summed E-state index contributed by atoms with van der Waals surface area (Å²) in [4.78, 5) is 57.8. The van der Waals surface area contributed by atoms with Crippen molar-refractivity contribution in [3.8, 4) is 0 Å². The van der Waals surface area contributed by atoms with Crippen LogP contribution in [0.2, 0.25) is 0 Å². The van der Waals surface area contributed by atoms with E-state index in [1.165, 1.54) is 5.01 Å². The van der Waals surface area contributed by atoms with Gasteiger partial charge >= 0.3 is 0 Å². The van der Waals surface area contributed by atoms with E-state index in [9.17, 15) is 19.2 Å². The van der Waals surface area contributed by atoms with Crippen molar-refractivity contribution in [2.24, 2.45) is 11.3 Å². The number of nitrogens with zero attached hydrogens (tertiary/aromatic N) is 2. The molecule has 48 heavy (non-hydrogen) atoms. The minimum atomic E-state index is -0.981. The number of ether oxygens (including phenoxy) is 3. The fourth-order valence-corrected chi connectivity index (χ4v) is 6.45. The first-order chi connectivity index (χ1) is 22.9. The van der Waals surface area contributed by atoms with Gasteiger partial charge in [0.05, 0.1) is 37.0 Å². The fraction of sp³-hybridized carbons (Fsp3) is 0.583. The molecule has 0 spiro atoms. The van der Waals surface area contributed by atoms with Crippen molar-refractivity contribution in [1.82, 2.24) is 26.1 Å². The zero-order valence-corrected chi connectivity index (χ0v) is 28.6. The number of rotatable bonds is 5. The summed E-state index contributed by atoms with van der Waals surface area (Å²) in [5.74, 6) is -2.05. The molecule has 5 atom stereocenters. The van der Waals surface area contributed by atoms with Crippen LogP contribution >= 0.6 is 0 Å². The number of hydrogen-bond donors (Lipinski definition) is 3. The second-order valence-corrected chi connectivity index (χ2v) is 13.9. The van der Waals surface area contributed by atoms with E-state index in [0.717, 1.165) is 28.3 Å². The number of allylic oxidation sites excluding steroid dienone is 1. The van der Waals surface area contributed by atoms with Crippen molar-refractivity contribution in [3.63, 3.8) is 0 Å². The summed E-state index contributed by atoms with van der Waals surface area (Å²) in [6, 6.07) is 6.21. The number of hydrazine groups is 1. The summed E-state index contributed by atoms with van der Waals surface area (Å²) in [5.41, 5.74) is 3.75. The van der Waals surface area contributed by atoms with E-state index in [-0.39, 0.29) is 30.4 Å². The Morgan fingerprint density at radius 2 is 1.77 bits per heavy atom. The first-order valence-corrected chi connectivity index (χ1v) is 17.0. The van der Waals surface area contributed by atoms with E-state index < -0.39 is 35.3 Å². The lowest BCUT2D eigenvalue weighted by Crippen LogP contribution is -2.61. The second-order valence-electron chi connectivity index (χ2n) is 13.9. The monoisotopic (exact) mass is 663 g/mol. The maximum absolute atomic E-state index is 13.5. The first kappa shape index (κ1) is 35.6. The zero-order chi connectivity index (χ0) is 34.5. The molecule has 5 unspecified atom stereocenters. The summed E-state index contributed by atoms with van der Waals surface area (Å²) in [6.07, 6.45) is 7.98. The molecule has 2 saturated heterocycles. The van der Waals surface area contributed by atoms with Gasteiger partial charge in [-0.1, -0.05) is 32.1 Å². The number of aldehydes is 1. The highest BCUT2D eigenvalue weighted by Gasteiger charge is 2.39. The fourth-order valence-electron chi connectivity index (χ4n) is 6.45. The average molecular weight is 664 g/mol. The Hall–Kier alpha value is -3.71. The third kappa shape index (κ3) is 8.46. The molecule has 0 aliphatic carbocycles. The van der Waals surface area contributed by atoms with Crippen LogP contribution in [0.5, 0.6) is 0 Å². The van der Waals surface area contributed by atoms with E-state index >= 15 is 0 Å². The quantitative estimate of drug-likeness (QED) is 0.408. The summed E-state index contributed by atoms with van der Waals surface area (Å²) in [7, 11) is 0. The Morgan fingerprint density at radius 3 is 2.50 bits per heavy atom. The zero-order valence-electron chi connectivity index (χ0n) is 28.6. The molecular formula is C36H49N5O7. The normalized spacial score (nSPS) is 29.0. The molecular weight excluding hydrogens is 614 g/mol. The van der Waals surface area contributed by atoms with Gasteiger partial charge < -0.3 is 29.6 Å². The predicted molar refractivity (Wildman–Crippen MR) is 180 cm³/mol.